The van der Waals surface area contributed by atoms with E-state index in [0.717, 1.165) is 32.7 Å². The van der Waals surface area contributed by atoms with Crippen LogP contribution in [-0.2, 0) is 11.3 Å². The summed E-state index contributed by atoms with van der Waals surface area (Å²) in [4.78, 5) is 4.03. The van der Waals surface area contributed by atoms with Crippen LogP contribution in [0.1, 0.15) is 27.2 Å². The highest BCUT2D eigenvalue weighted by molar-refractivity contribution is 4.74. The lowest BCUT2D eigenvalue weighted by Crippen LogP contribution is -2.38. The molecule has 1 aromatic heterocycles. The second kappa shape index (κ2) is 8.25. The second-order valence-electron chi connectivity index (χ2n) is 4.62. The van der Waals surface area contributed by atoms with Gasteiger partial charge in [-0.2, -0.15) is 0 Å². The monoisotopic (exact) mass is 239 g/mol. The van der Waals surface area contributed by atoms with Gasteiger partial charge in [0.1, 0.15) is 0 Å². The summed E-state index contributed by atoms with van der Waals surface area (Å²) >= 11 is 0. The zero-order valence-electron chi connectivity index (χ0n) is 11.2. The third-order valence-electron chi connectivity index (χ3n) is 2.87. The lowest BCUT2D eigenvalue weighted by atomic mass is 10.1. The zero-order valence-corrected chi connectivity index (χ0v) is 11.2. The maximum atomic E-state index is 5.48. The molecular weight excluding hydrogens is 214 g/mol. The second-order valence-corrected chi connectivity index (χ2v) is 4.62. The quantitative estimate of drug-likeness (QED) is 0.669. The minimum absolute atomic E-state index is 0.456. The molecule has 1 rings (SSSR count). The molecule has 98 valence electrons. The van der Waals surface area contributed by atoms with E-state index >= 15 is 0 Å². The molecule has 1 atom stereocenters. The Balaban J connectivity index is 2.13. The fourth-order valence-electron chi connectivity index (χ4n) is 1.70. The number of rotatable bonds is 9. The van der Waals surface area contributed by atoms with E-state index in [-0.39, 0.29) is 0 Å². The molecule has 0 radical (unpaired) electrons. The van der Waals surface area contributed by atoms with Gasteiger partial charge in [-0.05, 0) is 25.8 Å². The lowest BCUT2D eigenvalue weighted by molar-refractivity contribution is 0.108. The van der Waals surface area contributed by atoms with Crippen molar-refractivity contribution in [3.8, 4) is 0 Å². The molecule has 1 N–H and O–H groups in total. The van der Waals surface area contributed by atoms with Crippen LogP contribution in [0.3, 0.4) is 0 Å². The molecule has 0 aliphatic heterocycles. The smallest absolute Gasteiger partial charge is 0.0945 e. The van der Waals surface area contributed by atoms with Crippen molar-refractivity contribution in [3.63, 3.8) is 0 Å². The molecule has 4 nitrogen and oxygen atoms in total. The first kappa shape index (κ1) is 14.2. The van der Waals surface area contributed by atoms with E-state index in [1.54, 1.807) is 0 Å². The van der Waals surface area contributed by atoms with Crippen molar-refractivity contribution in [2.45, 2.75) is 39.8 Å². The van der Waals surface area contributed by atoms with Gasteiger partial charge in [0.25, 0.3) is 0 Å². The third kappa shape index (κ3) is 5.84. The molecule has 17 heavy (non-hydrogen) atoms. The minimum Gasteiger partial charge on any atom is -0.380 e. The van der Waals surface area contributed by atoms with Gasteiger partial charge >= 0.3 is 0 Å². The van der Waals surface area contributed by atoms with Crippen molar-refractivity contribution >= 4 is 0 Å². The molecule has 0 bridgehead atoms. The van der Waals surface area contributed by atoms with Crippen LogP contribution < -0.4 is 5.32 Å². The molecule has 0 aliphatic rings. The lowest BCUT2D eigenvalue weighted by Gasteiger charge is -2.22. The molecule has 0 saturated heterocycles. The normalized spacial score (nSPS) is 13.2. The van der Waals surface area contributed by atoms with E-state index in [2.05, 4.69) is 28.7 Å². The number of aryl methyl sites for hydroxylation is 1. The Morgan fingerprint density at radius 1 is 1.41 bits per heavy atom. The summed E-state index contributed by atoms with van der Waals surface area (Å²) in [6.45, 7) is 10.1. The Labute approximate surface area is 104 Å². The Morgan fingerprint density at radius 2 is 2.24 bits per heavy atom. The van der Waals surface area contributed by atoms with Gasteiger partial charge in [0.2, 0.25) is 0 Å². The summed E-state index contributed by atoms with van der Waals surface area (Å²) < 4.78 is 7.59. The van der Waals surface area contributed by atoms with Crippen molar-refractivity contribution in [2.75, 3.05) is 19.8 Å². The van der Waals surface area contributed by atoms with Crippen LogP contribution in [0.25, 0.3) is 0 Å². The van der Waals surface area contributed by atoms with Crippen LogP contribution in [0, 0.1) is 5.92 Å². The summed E-state index contributed by atoms with van der Waals surface area (Å²) in [5.74, 6) is 0.606. The topological polar surface area (TPSA) is 39.1 Å². The van der Waals surface area contributed by atoms with Gasteiger partial charge in [-0.25, -0.2) is 4.98 Å². The maximum absolute atomic E-state index is 5.48. The number of ether oxygens (including phenoxy) is 1. The zero-order chi connectivity index (χ0) is 12.5. The molecule has 4 heteroatoms. The highest BCUT2D eigenvalue weighted by Gasteiger charge is 2.11. The Morgan fingerprint density at radius 3 is 2.82 bits per heavy atom. The minimum atomic E-state index is 0.456. The van der Waals surface area contributed by atoms with E-state index in [9.17, 15) is 0 Å². The van der Waals surface area contributed by atoms with Gasteiger partial charge < -0.3 is 14.6 Å². The summed E-state index contributed by atoms with van der Waals surface area (Å²) in [5, 5.41) is 3.56. The summed E-state index contributed by atoms with van der Waals surface area (Å²) in [6.07, 6.45) is 6.80. The predicted molar refractivity (Wildman–Crippen MR) is 70.0 cm³/mol. The number of nitrogens with zero attached hydrogens (tertiary/aromatic N) is 2. The molecule has 1 unspecified atom stereocenters. The van der Waals surface area contributed by atoms with Crippen molar-refractivity contribution in [3.05, 3.63) is 18.7 Å². The first-order chi connectivity index (χ1) is 8.24. The fourth-order valence-corrected chi connectivity index (χ4v) is 1.70. The van der Waals surface area contributed by atoms with E-state index in [4.69, 9.17) is 4.74 Å². The summed E-state index contributed by atoms with van der Waals surface area (Å²) in [7, 11) is 0. The number of nitrogens with one attached hydrogen (secondary N) is 1. The average molecular weight is 239 g/mol. The van der Waals surface area contributed by atoms with Crippen molar-refractivity contribution < 1.29 is 4.74 Å². The van der Waals surface area contributed by atoms with Gasteiger partial charge in [-0.15, -0.1) is 0 Å². The van der Waals surface area contributed by atoms with Gasteiger partial charge in [-0.1, -0.05) is 13.8 Å². The van der Waals surface area contributed by atoms with E-state index in [1.165, 1.54) is 0 Å². The molecule has 1 heterocycles. The fraction of sp³-hybridized carbons (Fsp3) is 0.769. The maximum Gasteiger partial charge on any atom is 0.0945 e. The van der Waals surface area contributed by atoms with E-state index < -0.39 is 0 Å². The van der Waals surface area contributed by atoms with Crippen LogP contribution in [-0.4, -0.2) is 35.4 Å². The summed E-state index contributed by atoms with van der Waals surface area (Å²) in [5.41, 5.74) is 0. The van der Waals surface area contributed by atoms with Gasteiger partial charge in [0.15, 0.2) is 0 Å². The van der Waals surface area contributed by atoms with Crippen molar-refractivity contribution in [1.82, 2.24) is 14.9 Å². The Bertz CT molecular complexity index is 272. The number of hydrogen-bond donors (Lipinski definition) is 1. The highest BCUT2D eigenvalue weighted by Crippen LogP contribution is 2.02. The SMILES string of the molecule is CCOCC(NCCCn1ccnc1)C(C)C. The van der Waals surface area contributed by atoms with Crippen LogP contribution >= 0.6 is 0 Å². The number of hydrogen-bond acceptors (Lipinski definition) is 3. The van der Waals surface area contributed by atoms with Crippen LogP contribution in [0.4, 0.5) is 0 Å². The molecule has 0 aliphatic carbocycles. The Kier molecular flexibility index (Phi) is 6.89. The van der Waals surface area contributed by atoms with E-state index in [1.807, 2.05) is 25.6 Å². The highest BCUT2D eigenvalue weighted by atomic mass is 16.5. The largest absolute Gasteiger partial charge is 0.380 e. The molecule has 0 fully saturated rings. The van der Waals surface area contributed by atoms with Gasteiger partial charge in [0.05, 0.1) is 12.9 Å². The van der Waals surface area contributed by atoms with Crippen LogP contribution in [0.2, 0.25) is 0 Å². The average Bonchev–Trinajstić information content (AvgIpc) is 2.80. The standard InChI is InChI=1S/C13H25N3O/c1-4-17-10-13(12(2)3)15-6-5-8-16-9-7-14-11-16/h7,9,11-13,15H,4-6,8,10H2,1-3H3. The molecule has 0 aromatic carbocycles. The van der Waals surface area contributed by atoms with Crippen molar-refractivity contribution in [2.24, 2.45) is 5.92 Å². The number of aromatic nitrogens is 2. The van der Waals surface area contributed by atoms with Crippen LogP contribution in [0.5, 0.6) is 0 Å². The third-order valence-corrected chi connectivity index (χ3v) is 2.87. The molecule has 0 spiro atoms. The molecular formula is C13H25N3O. The Hall–Kier alpha value is -0.870. The first-order valence-electron chi connectivity index (χ1n) is 6.51. The first-order valence-corrected chi connectivity index (χ1v) is 6.51. The van der Waals surface area contributed by atoms with Gasteiger partial charge in [0, 0.05) is 31.6 Å². The van der Waals surface area contributed by atoms with Crippen LogP contribution in [0.15, 0.2) is 18.7 Å². The molecule has 0 saturated carbocycles. The summed E-state index contributed by atoms with van der Waals surface area (Å²) in [6, 6.07) is 0.456. The molecule has 1 aromatic rings. The van der Waals surface area contributed by atoms with E-state index in [0.29, 0.717) is 12.0 Å². The van der Waals surface area contributed by atoms with Gasteiger partial charge in [-0.3, -0.25) is 0 Å². The van der Waals surface area contributed by atoms with Crippen molar-refractivity contribution in [1.29, 1.82) is 0 Å². The molecule has 0 amide bonds. The predicted octanol–water partition coefficient (Wildman–Crippen LogP) is 1.92. The number of imidazole rings is 1.